The van der Waals surface area contributed by atoms with Crippen molar-refractivity contribution in [3.05, 3.63) is 33.0 Å². The predicted octanol–water partition coefficient (Wildman–Crippen LogP) is 4.79. The Morgan fingerprint density at radius 3 is 2.48 bits per heavy atom. The molecular formula is C16H22BrClFNO. The summed E-state index contributed by atoms with van der Waals surface area (Å²) < 4.78 is 14.9. The zero-order chi connectivity index (χ0) is 15.8. The van der Waals surface area contributed by atoms with Crippen LogP contribution in [0.25, 0.3) is 0 Å². The fraction of sp³-hybridized carbons (Fsp3) is 0.625. The van der Waals surface area contributed by atoms with E-state index >= 15 is 0 Å². The number of aliphatic hydroxyl groups excluding tert-OH is 1. The summed E-state index contributed by atoms with van der Waals surface area (Å²) in [6.45, 7) is 2.23. The quantitative estimate of drug-likeness (QED) is 0.765. The van der Waals surface area contributed by atoms with Gasteiger partial charge in [-0.1, -0.05) is 24.6 Å². The number of benzene rings is 1. The van der Waals surface area contributed by atoms with Gasteiger partial charge in [-0.25, -0.2) is 4.39 Å². The predicted molar refractivity (Wildman–Crippen MR) is 88.1 cm³/mol. The summed E-state index contributed by atoms with van der Waals surface area (Å²) in [5.74, 6) is 0.127. The van der Waals surface area contributed by atoms with Crippen molar-refractivity contribution in [1.29, 1.82) is 0 Å². The third kappa shape index (κ3) is 3.14. The minimum atomic E-state index is -0.884. The van der Waals surface area contributed by atoms with Gasteiger partial charge in [0.15, 0.2) is 0 Å². The first-order valence-corrected chi connectivity index (χ1v) is 8.45. The van der Waals surface area contributed by atoms with Gasteiger partial charge in [0.05, 0.1) is 10.6 Å². The van der Waals surface area contributed by atoms with Crippen molar-refractivity contribution in [2.45, 2.75) is 44.2 Å². The maximum absolute atomic E-state index is 14.4. The fourth-order valence-electron chi connectivity index (χ4n) is 3.27. The molecule has 2 nitrogen and oxygen atoms in total. The number of likely N-dealkylation sites (N-methyl/N-ethyl adjacent to an activating group) is 1. The smallest absolute Gasteiger partial charge is 0.148 e. The SMILES string of the molecule is CC1CCC(C(O)c2ccc(Br)c(Cl)c2F)(N(C)C)CC1. The van der Waals surface area contributed by atoms with Crippen molar-refractivity contribution < 1.29 is 9.50 Å². The molecule has 1 aliphatic carbocycles. The van der Waals surface area contributed by atoms with Gasteiger partial charge in [-0.2, -0.15) is 0 Å². The minimum absolute atomic E-state index is 0.0321. The van der Waals surface area contributed by atoms with E-state index in [0.29, 0.717) is 10.4 Å². The normalized spacial score (nSPS) is 27.9. The standard InChI is InChI=1S/C16H22BrClFNO/c1-10-6-8-16(9-7-10,20(2)3)15(21)11-4-5-12(17)13(18)14(11)19/h4-5,10,15,21H,6-9H2,1-3H3. The lowest BCUT2D eigenvalue weighted by Gasteiger charge is -2.47. The molecule has 1 fully saturated rings. The number of rotatable bonds is 3. The molecule has 118 valence electrons. The Kier molecular flexibility index (Phi) is 5.35. The van der Waals surface area contributed by atoms with Gasteiger partial charge in [0.25, 0.3) is 0 Å². The molecule has 2 rings (SSSR count). The van der Waals surface area contributed by atoms with Crippen LogP contribution < -0.4 is 0 Å². The summed E-state index contributed by atoms with van der Waals surface area (Å²) in [6, 6.07) is 3.32. The Morgan fingerprint density at radius 1 is 1.38 bits per heavy atom. The van der Waals surface area contributed by atoms with E-state index in [2.05, 4.69) is 22.9 Å². The highest BCUT2D eigenvalue weighted by molar-refractivity contribution is 9.10. The second kappa shape index (κ2) is 6.53. The minimum Gasteiger partial charge on any atom is -0.386 e. The van der Waals surface area contributed by atoms with Gasteiger partial charge >= 0.3 is 0 Å². The molecule has 1 aromatic carbocycles. The first-order chi connectivity index (χ1) is 9.79. The third-order valence-electron chi connectivity index (χ3n) is 4.90. The number of halogens is 3. The van der Waals surface area contributed by atoms with Crippen molar-refractivity contribution in [2.24, 2.45) is 5.92 Å². The fourth-order valence-corrected chi connectivity index (χ4v) is 3.75. The Morgan fingerprint density at radius 2 is 1.95 bits per heavy atom. The molecule has 0 bridgehead atoms. The highest BCUT2D eigenvalue weighted by Gasteiger charge is 2.44. The monoisotopic (exact) mass is 377 g/mol. The molecule has 1 atom stereocenters. The highest BCUT2D eigenvalue weighted by atomic mass is 79.9. The van der Waals surface area contributed by atoms with Crippen LogP contribution in [0.3, 0.4) is 0 Å². The van der Waals surface area contributed by atoms with Gasteiger partial charge in [0.1, 0.15) is 11.9 Å². The van der Waals surface area contributed by atoms with Crippen LogP contribution in [0, 0.1) is 11.7 Å². The van der Waals surface area contributed by atoms with Crippen LogP contribution in [-0.4, -0.2) is 29.6 Å². The number of aliphatic hydroxyl groups is 1. The average molecular weight is 379 g/mol. The second-order valence-corrected chi connectivity index (χ2v) is 7.58. The summed E-state index contributed by atoms with van der Waals surface area (Å²) >= 11 is 9.18. The Balaban J connectivity index is 2.40. The number of hydrogen-bond donors (Lipinski definition) is 1. The Hall–Kier alpha value is -0.160. The van der Waals surface area contributed by atoms with Gasteiger partial charge in [-0.3, -0.25) is 0 Å². The molecule has 1 unspecified atom stereocenters. The zero-order valence-corrected chi connectivity index (χ0v) is 15.0. The second-order valence-electron chi connectivity index (χ2n) is 6.35. The van der Waals surface area contributed by atoms with Crippen LogP contribution in [0.5, 0.6) is 0 Å². The summed E-state index contributed by atoms with van der Waals surface area (Å²) in [5, 5.41) is 10.9. The van der Waals surface area contributed by atoms with Gasteiger partial charge in [-0.05, 0) is 67.7 Å². The molecule has 1 aromatic rings. The first kappa shape index (κ1) is 17.2. The molecule has 0 aromatic heterocycles. The van der Waals surface area contributed by atoms with Crippen molar-refractivity contribution in [3.8, 4) is 0 Å². The van der Waals surface area contributed by atoms with Gasteiger partial charge in [0, 0.05) is 10.0 Å². The van der Waals surface area contributed by atoms with E-state index in [1.54, 1.807) is 12.1 Å². The molecule has 0 spiro atoms. The van der Waals surface area contributed by atoms with Crippen molar-refractivity contribution in [2.75, 3.05) is 14.1 Å². The molecule has 0 amide bonds. The maximum Gasteiger partial charge on any atom is 0.148 e. The van der Waals surface area contributed by atoms with Gasteiger partial charge in [0.2, 0.25) is 0 Å². The van der Waals surface area contributed by atoms with Crippen molar-refractivity contribution in [3.63, 3.8) is 0 Å². The van der Waals surface area contributed by atoms with E-state index in [1.165, 1.54) is 0 Å². The van der Waals surface area contributed by atoms with Crippen LogP contribution >= 0.6 is 27.5 Å². The summed E-state index contributed by atoms with van der Waals surface area (Å²) in [6.07, 6.45) is 2.92. The van der Waals surface area contributed by atoms with E-state index in [4.69, 9.17) is 11.6 Å². The molecule has 1 N–H and O–H groups in total. The molecule has 0 heterocycles. The number of nitrogens with zero attached hydrogens (tertiary/aromatic N) is 1. The summed E-state index contributed by atoms with van der Waals surface area (Å²) in [5.41, 5.74) is -0.142. The van der Waals surface area contributed by atoms with E-state index in [-0.39, 0.29) is 10.6 Å². The van der Waals surface area contributed by atoms with Crippen LogP contribution in [-0.2, 0) is 0 Å². The Bertz CT molecular complexity index is 515. The van der Waals surface area contributed by atoms with Gasteiger partial charge in [-0.15, -0.1) is 0 Å². The Labute approximate surface area is 139 Å². The first-order valence-electron chi connectivity index (χ1n) is 7.28. The zero-order valence-electron chi connectivity index (χ0n) is 12.7. The highest BCUT2D eigenvalue weighted by Crippen LogP contribution is 2.45. The van der Waals surface area contributed by atoms with Crippen LogP contribution in [0.4, 0.5) is 4.39 Å². The molecule has 0 radical (unpaired) electrons. The molecule has 1 saturated carbocycles. The topological polar surface area (TPSA) is 23.5 Å². The van der Waals surface area contributed by atoms with Crippen molar-refractivity contribution in [1.82, 2.24) is 4.90 Å². The van der Waals surface area contributed by atoms with Crippen molar-refractivity contribution >= 4 is 27.5 Å². The number of hydrogen-bond acceptors (Lipinski definition) is 2. The van der Waals surface area contributed by atoms with E-state index in [1.807, 2.05) is 19.0 Å². The van der Waals surface area contributed by atoms with E-state index < -0.39 is 17.5 Å². The maximum atomic E-state index is 14.4. The van der Waals surface area contributed by atoms with Crippen LogP contribution in [0.1, 0.15) is 44.3 Å². The average Bonchev–Trinajstić information content (AvgIpc) is 2.45. The summed E-state index contributed by atoms with van der Waals surface area (Å²) in [4.78, 5) is 2.04. The largest absolute Gasteiger partial charge is 0.386 e. The molecule has 0 saturated heterocycles. The molecular weight excluding hydrogens is 357 g/mol. The lowest BCUT2D eigenvalue weighted by molar-refractivity contribution is -0.0423. The van der Waals surface area contributed by atoms with Crippen LogP contribution in [0.15, 0.2) is 16.6 Å². The molecule has 0 aliphatic heterocycles. The third-order valence-corrected chi connectivity index (χ3v) is 6.16. The lowest BCUT2D eigenvalue weighted by atomic mass is 9.71. The van der Waals surface area contributed by atoms with Gasteiger partial charge < -0.3 is 10.0 Å². The van der Waals surface area contributed by atoms with E-state index in [9.17, 15) is 9.50 Å². The van der Waals surface area contributed by atoms with Crippen LogP contribution in [0.2, 0.25) is 5.02 Å². The molecule has 1 aliphatic rings. The molecule has 21 heavy (non-hydrogen) atoms. The molecule has 5 heteroatoms. The van der Waals surface area contributed by atoms with E-state index in [0.717, 1.165) is 25.7 Å². The summed E-state index contributed by atoms with van der Waals surface area (Å²) in [7, 11) is 3.91. The lowest BCUT2D eigenvalue weighted by Crippen LogP contribution is -2.51.